The van der Waals surface area contributed by atoms with E-state index in [4.69, 9.17) is 32.7 Å². The normalized spacial score (nSPS) is 12.3. The van der Waals surface area contributed by atoms with Gasteiger partial charge in [0.25, 0.3) is 0 Å². The highest BCUT2D eigenvalue weighted by atomic mass is 35.5. The summed E-state index contributed by atoms with van der Waals surface area (Å²) in [4.78, 5) is 15.6. The van der Waals surface area contributed by atoms with Gasteiger partial charge in [0.15, 0.2) is 6.10 Å². The van der Waals surface area contributed by atoms with E-state index >= 15 is 0 Å². The smallest absolute Gasteiger partial charge is 0.347 e. The van der Waals surface area contributed by atoms with E-state index in [1.807, 2.05) is 0 Å². The monoisotopic (exact) mass is 410 g/mol. The van der Waals surface area contributed by atoms with Crippen LogP contribution in [0.4, 0.5) is 13.2 Å². The van der Waals surface area contributed by atoms with Crippen molar-refractivity contribution in [2.45, 2.75) is 33.4 Å². The molecule has 1 heterocycles. The summed E-state index contributed by atoms with van der Waals surface area (Å²) in [5, 5.41) is -0.536. The third-order valence-corrected chi connectivity index (χ3v) is 4.08. The average molecular weight is 411 g/mol. The van der Waals surface area contributed by atoms with Crippen molar-refractivity contribution in [3.63, 3.8) is 0 Å². The van der Waals surface area contributed by atoms with Crippen LogP contribution in [0.1, 0.15) is 26.2 Å². The minimum Gasteiger partial charge on any atom is -0.477 e. The number of rotatable bonds is 6. The molecule has 0 amide bonds. The summed E-state index contributed by atoms with van der Waals surface area (Å²) in [5.41, 5.74) is -0.375. The first kappa shape index (κ1) is 20.4. The van der Waals surface area contributed by atoms with Crippen LogP contribution in [0.2, 0.25) is 10.2 Å². The van der Waals surface area contributed by atoms with Crippen molar-refractivity contribution in [1.29, 1.82) is 0 Å². The van der Waals surface area contributed by atoms with E-state index in [2.05, 4.69) is 4.98 Å². The molecule has 2 rings (SSSR count). The van der Waals surface area contributed by atoms with Gasteiger partial charge in [0.2, 0.25) is 0 Å². The number of alkyl halides is 2. The van der Waals surface area contributed by atoms with Crippen LogP contribution >= 0.6 is 23.2 Å². The van der Waals surface area contributed by atoms with Gasteiger partial charge in [-0.3, -0.25) is 4.57 Å². The van der Waals surface area contributed by atoms with Crippen molar-refractivity contribution >= 4 is 29.2 Å². The molecule has 0 saturated heterocycles. The van der Waals surface area contributed by atoms with E-state index in [0.717, 1.165) is 12.1 Å². The highest BCUT2D eigenvalue weighted by Crippen LogP contribution is 2.38. The van der Waals surface area contributed by atoms with E-state index in [9.17, 15) is 18.0 Å². The third-order valence-electron chi connectivity index (χ3n) is 3.42. The molecular formula is C16H15Cl2F3N2O3. The molecule has 0 aliphatic heterocycles. The molecule has 0 aliphatic carbocycles. The third kappa shape index (κ3) is 4.07. The molecule has 0 aliphatic rings. The molecule has 1 unspecified atom stereocenters. The standard InChI is InChI=1S/C16H15Cl2F3N2O3/c1-4-25-15(24)7(2)26-12-5-9(11(19)6-10(12)17)13-14(18)23(16(20)21)8(3)22-13/h5-7,16H,4H2,1-3H3. The number of carbonyl (C=O) groups excluding carboxylic acids is 1. The lowest BCUT2D eigenvalue weighted by molar-refractivity contribution is -0.150. The van der Waals surface area contributed by atoms with Gasteiger partial charge in [0.05, 0.1) is 11.6 Å². The molecule has 0 fully saturated rings. The van der Waals surface area contributed by atoms with Crippen molar-refractivity contribution in [2.24, 2.45) is 0 Å². The number of ether oxygens (including phenoxy) is 2. The van der Waals surface area contributed by atoms with Gasteiger partial charge in [-0.25, -0.2) is 14.2 Å². The summed E-state index contributed by atoms with van der Waals surface area (Å²) in [6.07, 6.45) is -1.01. The van der Waals surface area contributed by atoms with E-state index in [1.54, 1.807) is 6.92 Å². The lowest BCUT2D eigenvalue weighted by Gasteiger charge is -2.15. The molecule has 26 heavy (non-hydrogen) atoms. The Morgan fingerprint density at radius 3 is 2.54 bits per heavy atom. The van der Waals surface area contributed by atoms with Crippen molar-refractivity contribution in [1.82, 2.24) is 9.55 Å². The summed E-state index contributed by atoms with van der Waals surface area (Å²) in [7, 11) is 0. The average Bonchev–Trinajstić information content (AvgIpc) is 2.84. The zero-order chi connectivity index (χ0) is 19.6. The quantitative estimate of drug-likeness (QED) is 0.626. The number of hydrogen-bond donors (Lipinski definition) is 0. The van der Waals surface area contributed by atoms with Crippen LogP contribution in [0, 0.1) is 12.7 Å². The highest BCUT2D eigenvalue weighted by Gasteiger charge is 2.24. The van der Waals surface area contributed by atoms with Crippen LogP contribution in [0.25, 0.3) is 11.3 Å². The Kier molecular flexibility index (Phi) is 6.41. The van der Waals surface area contributed by atoms with Crippen LogP contribution in [0.3, 0.4) is 0 Å². The van der Waals surface area contributed by atoms with Crippen LogP contribution in [0.15, 0.2) is 12.1 Å². The molecule has 10 heteroatoms. The number of halogens is 5. The Morgan fingerprint density at radius 2 is 2.00 bits per heavy atom. The van der Waals surface area contributed by atoms with Crippen LogP contribution in [-0.2, 0) is 9.53 Å². The summed E-state index contributed by atoms with van der Waals surface area (Å²) in [6.45, 7) is 1.61. The van der Waals surface area contributed by atoms with Gasteiger partial charge in [-0.05, 0) is 32.9 Å². The molecule has 1 aromatic heterocycles. The minimum absolute atomic E-state index is 0.0380. The number of esters is 1. The minimum atomic E-state index is -2.93. The van der Waals surface area contributed by atoms with Gasteiger partial charge in [0, 0.05) is 5.56 Å². The molecule has 1 atom stereocenters. The second kappa shape index (κ2) is 8.18. The van der Waals surface area contributed by atoms with Crippen LogP contribution < -0.4 is 4.74 Å². The van der Waals surface area contributed by atoms with E-state index < -0.39 is 29.6 Å². The summed E-state index contributed by atoms with van der Waals surface area (Å²) < 4.78 is 51.1. The maximum atomic E-state index is 14.3. The Labute approximate surface area is 157 Å². The molecular weight excluding hydrogens is 396 g/mol. The first-order valence-corrected chi connectivity index (χ1v) is 8.28. The van der Waals surface area contributed by atoms with Gasteiger partial charge in [-0.1, -0.05) is 23.2 Å². The van der Waals surface area contributed by atoms with Crippen LogP contribution in [-0.4, -0.2) is 28.2 Å². The first-order chi connectivity index (χ1) is 12.2. The van der Waals surface area contributed by atoms with Crippen molar-refractivity contribution in [3.05, 3.63) is 34.0 Å². The Bertz CT molecular complexity index is 828. The molecule has 0 bridgehead atoms. The number of aryl methyl sites for hydroxylation is 1. The Hall–Kier alpha value is -1.93. The zero-order valence-electron chi connectivity index (χ0n) is 14.0. The Morgan fingerprint density at radius 1 is 1.35 bits per heavy atom. The predicted octanol–water partition coefficient (Wildman–Crippen LogP) is 5.03. The Balaban J connectivity index is 2.46. The molecule has 142 valence electrons. The highest BCUT2D eigenvalue weighted by molar-refractivity contribution is 6.33. The lowest BCUT2D eigenvalue weighted by atomic mass is 10.1. The molecule has 5 nitrogen and oxygen atoms in total. The maximum Gasteiger partial charge on any atom is 0.347 e. The topological polar surface area (TPSA) is 53.4 Å². The van der Waals surface area contributed by atoms with E-state index in [0.29, 0.717) is 4.57 Å². The van der Waals surface area contributed by atoms with Gasteiger partial charge >= 0.3 is 12.5 Å². The summed E-state index contributed by atoms with van der Waals surface area (Å²) in [6, 6.07) is 2.08. The predicted molar refractivity (Wildman–Crippen MR) is 90.4 cm³/mol. The number of nitrogens with zero attached hydrogens (tertiary/aromatic N) is 2. The van der Waals surface area contributed by atoms with Gasteiger partial charge in [-0.2, -0.15) is 8.78 Å². The van der Waals surface area contributed by atoms with Gasteiger partial charge in [-0.15, -0.1) is 0 Å². The molecule has 0 radical (unpaired) electrons. The first-order valence-electron chi connectivity index (χ1n) is 7.52. The number of aromatic nitrogens is 2. The molecule has 2 aromatic rings. The molecule has 0 spiro atoms. The fourth-order valence-corrected chi connectivity index (χ4v) is 2.75. The fraction of sp³-hybridized carbons (Fsp3) is 0.375. The summed E-state index contributed by atoms with van der Waals surface area (Å²) >= 11 is 11.9. The van der Waals surface area contributed by atoms with Crippen molar-refractivity contribution in [2.75, 3.05) is 6.61 Å². The second-order valence-electron chi connectivity index (χ2n) is 5.22. The van der Waals surface area contributed by atoms with Crippen LogP contribution in [0.5, 0.6) is 5.75 Å². The van der Waals surface area contributed by atoms with Crippen molar-refractivity contribution < 1.29 is 27.4 Å². The van der Waals surface area contributed by atoms with Crippen molar-refractivity contribution in [3.8, 4) is 17.0 Å². The van der Waals surface area contributed by atoms with E-state index in [-0.39, 0.29) is 34.5 Å². The fourth-order valence-electron chi connectivity index (χ4n) is 2.22. The SMILES string of the molecule is CCOC(=O)C(C)Oc1cc(-c2nc(C)n(C(F)F)c2Cl)c(F)cc1Cl. The number of hydrogen-bond acceptors (Lipinski definition) is 4. The molecule has 1 aromatic carbocycles. The largest absolute Gasteiger partial charge is 0.477 e. The lowest BCUT2D eigenvalue weighted by Crippen LogP contribution is -2.26. The number of carbonyl (C=O) groups is 1. The molecule has 0 saturated carbocycles. The number of imidazole rings is 1. The van der Waals surface area contributed by atoms with Gasteiger partial charge in [0.1, 0.15) is 28.2 Å². The van der Waals surface area contributed by atoms with E-state index in [1.165, 1.54) is 13.8 Å². The zero-order valence-corrected chi connectivity index (χ0v) is 15.5. The second-order valence-corrected chi connectivity index (χ2v) is 5.99. The summed E-state index contributed by atoms with van der Waals surface area (Å²) in [5.74, 6) is -1.59. The van der Waals surface area contributed by atoms with Gasteiger partial charge < -0.3 is 9.47 Å². The molecule has 0 N–H and O–H groups in total. The maximum absolute atomic E-state index is 14.3. The number of benzene rings is 1.